The van der Waals surface area contributed by atoms with E-state index in [2.05, 4.69) is 5.32 Å². The van der Waals surface area contributed by atoms with Gasteiger partial charge in [-0.3, -0.25) is 4.79 Å². The molecule has 0 aromatic heterocycles. The highest BCUT2D eigenvalue weighted by atomic mass is 16.3. The van der Waals surface area contributed by atoms with Gasteiger partial charge < -0.3 is 25.3 Å². The van der Waals surface area contributed by atoms with Crippen LogP contribution in [-0.4, -0.2) is 67.1 Å². The van der Waals surface area contributed by atoms with Crippen LogP contribution in [0.15, 0.2) is 47.5 Å². The quantitative estimate of drug-likeness (QED) is 0.623. The summed E-state index contributed by atoms with van der Waals surface area (Å²) in [4.78, 5) is 17.1. The molecule has 0 saturated carbocycles. The summed E-state index contributed by atoms with van der Waals surface area (Å²) in [7, 11) is 7.79. The first-order valence-electron chi connectivity index (χ1n) is 10.3. The van der Waals surface area contributed by atoms with E-state index in [0.29, 0.717) is 37.3 Å². The van der Waals surface area contributed by atoms with Crippen LogP contribution in [0.3, 0.4) is 0 Å². The highest BCUT2D eigenvalue weighted by Gasteiger charge is 2.20. The number of carbonyl (C=O) groups is 1. The number of hydrogen-bond acceptors (Lipinski definition) is 6. The first kappa shape index (κ1) is 22.7. The zero-order chi connectivity index (χ0) is 22.5. The van der Waals surface area contributed by atoms with Crippen LogP contribution in [0.25, 0.3) is 12.2 Å². The van der Waals surface area contributed by atoms with Crippen LogP contribution in [0.1, 0.15) is 22.3 Å². The molecule has 3 N–H and O–H groups in total. The van der Waals surface area contributed by atoms with E-state index in [1.165, 1.54) is 0 Å². The minimum absolute atomic E-state index is 0.0169. The van der Waals surface area contributed by atoms with Crippen LogP contribution >= 0.6 is 0 Å². The predicted octanol–water partition coefficient (Wildman–Crippen LogP) is 2.86. The lowest BCUT2D eigenvalue weighted by atomic mass is 9.95. The molecule has 1 aliphatic heterocycles. The molecule has 0 bridgehead atoms. The van der Waals surface area contributed by atoms with E-state index < -0.39 is 0 Å². The average Bonchev–Trinajstić information content (AvgIpc) is 2.69. The molecule has 1 aliphatic rings. The van der Waals surface area contributed by atoms with Crippen molar-refractivity contribution in [2.75, 3.05) is 41.3 Å². The molecule has 0 spiro atoms. The third kappa shape index (κ3) is 6.04. The molecule has 0 aliphatic carbocycles. The summed E-state index contributed by atoms with van der Waals surface area (Å²) in [5, 5.41) is 23.5. The fourth-order valence-electron chi connectivity index (χ4n) is 3.66. The molecule has 1 fully saturated rings. The van der Waals surface area contributed by atoms with Crippen molar-refractivity contribution in [3.63, 3.8) is 0 Å². The van der Waals surface area contributed by atoms with Crippen molar-refractivity contribution in [3.05, 3.63) is 69.8 Å². The molecule has 2 aromatic carbocycles. The molecular formula is C25H31N3O3. The summed E-state index contributed by atoms with van der Waals surface area (Å²) < 4.78 is 0. The Morgan fingerprint density at radius 2 is 1.23 bits per heavy atom. The van der Waals surface area contributed by atoms with Crippen molar-refractivity contribution in [1.82, 2.24) is 15.1 Å². The lowest BCUT2D eigenvalue weighted by Gasteiger charge is -2.19. The molecule has 0 radical (unpaired) electrons. The summed E-state index contributed by atoms with van der Waals surface area (Å²) in [6.45, 7) is 2.25. The van der Waals surface area contributed by atoms with Gasteiger partial charge in [0.25, 0.3) is 0 Å². The van der Waals surface area contributed by atoms with Crippen LogP contribution in [0.2, 0.25) is 0 Å². The third-order valence-electron chi connectivity index (χ3n) is 5.08. The zero-order valence-corrected chi connectivity index (χ0v) is 18.6. The van der Waals surface area contributed by atoms with E-state index in [1.807, 2.05) is 74.4 Å². The van der Waals surface area contributed by atoms with E-state index in [4.69, 9.17) is 0 Å². The van der Waals surface area contributed by atoms with Crippen LogP contribution in [0, 0.1) is 0 Å². The van der Waals surface area contributed by atoms with E-state index in [0.717, 1.165) is 22.3 Å². The Balaban J connectivity index is 1.86. The van der Waals surface area contributed by atoms with Crippen LogP contribution in [0.5, 0.6) is 11.5 Å². The van der Waals surface area contributed by atoms with E-state index in [-0.39, 0.29) is 17.3 Å². The molecule has 0 unspecified atom stereocenters. The standard InChI is InChI=1S/C25H31N3O3/c1-27(2)15-21-11-17(5-7-23(21)29)9-19-13-26-14-20(25(19)31)10-18-6-8-24(30)22(12-18)16-28(3)4/h5-12,26,29-30H,13-16H2,1-4H3/b19-9+,20-10+. The average molecular weight is 422 g/mol. The maximum Gasteiger partial charge on any atom is 0.187 e. The molecular weight excluding hydrogens is 390 g/mol. The smallest absolute Gasteiger partial charge is 0.187 e. The van der Waals surface area contributed by atoms with Crippen molar-refractivity contribution < 1.29 is 15.0 Å². The van der Waals surface area contributed by atoms with Gasteiger partial charge in [0.2, 0.25) is 0 Å². The monoisotopic (exact) mass is 421 g/mol. The van der Waals surface area contributed by atoms with Gasteiger partial charge in [0, 0.05) is 48.5 Å². The van der Waals surface area contributed by atoms with Gasteiger partial charge in [0.1, 0.15) is 11.5 Å². The Hall–Kier alpha value is -2.93. The van der Waals surface area contributed by atoms with Gasteiger partial charge in [-0.05, 0) is 75.7 Å². The van der Waals surface area contributed by atoms with Gasteiger partial charge in [-0.25, -0.2) is 0 Å². The number of rotatable bonds is 6. The Morgan fingerprint density at radius 1 is 0.806 bits per heavy atom. The Bertz CT molecular complexity index is 943. The summed E-state index contributed by atoms with van der Waals surface area (Å²) in [6, 6.07) is 10.8. The highest BCUT2D eigenvalue weighted by Crippen LogP contribution is 2.25. The number of Topliss-reactive ketones (excluding diaryl/α,β-unsaturated/α-hetero) is 1. The summed E-state index contributed by atoms with van der Waals surface area (Å²) in [5.74, 6) is 0.527. The molecule has 6 nitrogen and oxygen atoms in total. The molecule has 0 atom stereocenters. The van der Waals surface area contributed by atoms with Crippen molar-refractivity contribution in [2.24, 2.45) is 0 Å². The summed E-state index contributed by atoms with van der Waals surface area (Å²) >= 11 is 0. The molecule has 3 rings (SSSR count). The number of carbonyl (C=O) groups excluding carboxylic acids is 1. The molecule has 6 heteroatoms. The number of ketones is 1. The first-order chi connectivity index (χ1) is 14.7. The number of phenols is 2. The largest absolute Gasteiger partial charge is 0.508 e. The van der Waals surface area contributed by atoms with Gasteiger partial charge in [-0.15, -0.1) is 0 Å². The van der Waals surface area contributed by atoms with Gasteiger partial charge in [-0.2, -0.15) is 0 Å². The van der Waals surface area contributed by atoms with Crippen molar-refractivity contribution in [2.45, 2.75) is 13.1 Å². The SMILES string of the molecule is CN(C)Cc1cc(/C=C2\CNC/C(=C\c3ccc(O)c(CN(C)C)c3)C2=O)ccc1O. The lowest BCUT2D eigenvalue weighted by Crippen LogP contribution is -2.32. The van der Waals surface area contributed by atoms with E-state index in [9.17, 15) is 15.0 Å². The van der Waals surface area contributed by atoms with Crippen LogP contribution in [-0.2, 0) is 17.9 Å². The fourth-order valence-corrected chi connectivity index (χ4v) is 3.66. The van der Waals surface area contributed by atoms with E-state index >= 15 is 0 Å². The number of benzene rings is 2. The lowest BCUT2D eigenvalue weighted by molar-refractivity contribution is -0.112. The second kappa shape index (κ2) is 9.92. The third-order valence-corrected chi connectivity index (χ3v) is 5.08. The fraction of sp³-hybridized carbons (Fsp3) is 0.320. The zero-order valence-electron chi connectivity index (χ0n) is 18.6. The predicted molar refractivity (Wildman–Crippen MR) is 125 cm³/mol. The first-order valence-corrected chi connectivity index (χ1v) is 10.3. The van der Waals surface area contributed by atoms with Gasteiger partial charge in [-0.1, -0.05) is 12.1 Å². The van der Waals surface area contributed by atoms with Gasteiger partial charge in [0.15, 0.2) is 5.78 Å². The highest BCUT2D eigenvalue weighted by molar-refractivity contribution is 6.14. The van der Waals surface area contributed by atoms with Gasteiger partial charge >= 0.3 is 0 Å². The summed E-state index contributed by atoms with van der Waals surface area (Å²) in [5.41, 5.74) is 4.79. The van der Waals surface area contributed by atoms with Crippen molar-refractivity contribution >= 4 is 17.9 Å². The maximum atomic E-state index is 13.1. The molecule has 2 aromatic rings. The van der Waals surface area contributed by atoms with Crippen LogP contribution in [0.4, 0.5) is 0 Å². The Morgan fingerprint density at radius 3 is 1.61 bits per heavy atom. The van der Waals surface area contributed by atoms with Crippen LogP contribution < -0.4 is 5.32 Å². The van der Waals surface area contributed by atoms with E-state index in [1.54, 1.807) is 12.1 Å². The minimum Gasteiger partial charge on any atom is -0.508 e. The minimum atomic E-state index is 0.0169. The van der Waals surface area contributed by atoms with Crippen molar-refractivity contribution in [3.8, 4) is 11.5 Å². The normalized spacial score (nSPS) is 17.3. The number of hydrogen-bond donors (Lipinski definition) is 3. The second-order valence-corrected chi connectivity index (χ2v) is 8.52. The molecule has 1 heterocycles. The maximum absolute atomic E-state index is 13.1. The molecule has 1 saturated heterocycles. The molecule has 0 amide bonds. The number of nitrogens with zero attached hydrogens (tertiary/aromatic N) is 2. The second-order valence-electron chi connectivity index (χ2n) is 8.52. The van der Waals surface area contributed by atoms with Gasteiger partial charge in [0.05, 0.1) is 0 Å². The number of piperidine rings is 1. The topological polar surface area (TPSA) is 76.0 Å². The Labute approximate surface area is 184 Å². The Kier molecular flexibility index (Phi) is 7.28. The van der Waals surface area contributed by atoms with Crippen molar-refractivity contribution in [1.29, 1.82) is 0 Å². The number of nitrogens with one attached hydrogen (secondary N) is 1. The number of phenolic OH excluding ortho intramolecular Hbond substituents is 2. The molecule has 164 valence electrons. The number of aromatic hydroxyl groups is 2. The summed E-state index contributed by atoms with van der Waals surface area (Å²) in [6.07, 6.45) is 3.77. The molecule has 31 heavy (non-hydrogen) atoms.